The summed E-state index contributed by atoms with van der Waals surface area (Å²) in [6, 6.07) is 7.12. The third-order valence-corrected chi connectivity index (χ3v) is 2.46. The highest BCUT2D eigenvalue weighted by molar-refractivity contribution is 6.18. The second kappa shape index (κ2) is 7.96. The van der Waals surface area contributed by atoms with E-state index in [0.29, 0.717) is 11.4 Å². The molecular formula is C14H17NO5. The molecule has 0 spiro atoms. The van der Waals surface area contributed by atoms with Crippen molar-refractivity contribution in [1.82, 2.24) is 0 Å². The average Bonchev–Trinajstić information content (AvgIpc) is 2.47. The SMILES string of the molecule is COCC(=O)C(=CNc1ccccc1OC)C(=O)OC. The summed E-state index contributed by atoms with van der Waals surface area (Å²) in [6.07, 6.45) is 1.28. The number of carbonyl (C=O) groups is 2. The molecule has 6 nitrogen and oxygen atoms in total. The maximum absolute atomic E-state index is 11.8. The Bertz CT molecular complexity index is 510. The molecule has 108 valence electrons. The molecule has 0 aliphatic carbocycles. The molecule has 0 heterocycles. The number of anilines is 1. The molecule has 0 aliphatic rings. The molecule has 0 aromatic heterocycles. The normalized spacial score (nSPS) is 10.8. The number of hydrogen-bond donors (Lipinski definition) is 1. The van der Waals surface area contributed by atoms with Crippen LogP contribution in [-0.2, 0) is 19.1 Å². The Hall–Kier alpha value is -2.34. The number of para-hydroxylation sites is 2. The quantitative estimate of drug-likeness (QED) is 0.352. The minimum absolute atomic E-state index is 0.125. The number of nitrogens with one attached hydrogen (secondary N) is 1. The van der Waals surface area contributed by atoms with Gasteiger partial charge < -0.3 is 19.5 Å². The van der Waals surface area contributed by atoms with Crippen LogP contribution in [0.5, 0.6) is 5.75 Å². The van der Waals surface area contributed by atoms with E-state index in [2.05, 4.69) is 10.1 Å². The number of hydrogen-bond acceptors (Lipinski definition) is 6. The Morgan fingerprint density at radius 1 is 1.20 bits per heavy atom. The van der Waals surface area contributed by atoms with Gasteiger partial charge >= 0.3 is 5.97 Å². The largest absolute Gasteiger partial charge is 0.495 e. The van der Waals surface area contributed by atoms with Gasteiger partial charge in [-0.2, -0.15) is 0 Å². The van der Waals surface area contributed by atoms with E-state index in [1.807, 2.05) is 6.07 Å². The van der Waals surface area contributed by atoms with Gasteiger partial charge in [-0.25, -0.2) is 4.79 Å². The van der Waals surface area contributed by atoms with Crippen LogP contribution < -0.4 is 10.1 Å². The molecule has 0 unspecified atom stereocenters. The van der Waals surface area contributed by atoms with Crippen LogP contribution in [0.3, 0.4) is 0 Å². The predicted molar refractivity (Wildman–Crippen MR) is 73.6 cm³/mol. The van der Waals surface area contributed by atoms with E-state index in [1.54, 1.807) is 18.2 Å². The van der Waals surface area contributed by atoms with Crippen molar-refractivity contribution in [2.75, 3.05) is 33.3 Å². The van der Waals surface area contributed by atoms with E-state index in [1.165, 1.54) is 27.5 Å². The minimum atomic E-state index is -0.727. The average molecular weight is 279 g/mol. The van der Waals surface area contributed by atoms with Crippen molar-refractivity contribution in [1.29, 1.82) is 0 Å². The highest BCUT2D eigenvalue weighted by Gasteiger charge is 2.18. The summed E-state index contributed by atoms with van der Waals surface area (Å²) in [4.78, 5) is 23.3. The second-order valence-electron chi connectivity index (χ2n) is 3.75. The van der Waals surface area contributed by atoms with Gasteiger partial charge in [-0.3, -0.25) is 4.79 Å². The van der Waals surface area contributed by atoms with E-state index in [9.17, 15) is 9.59 Å². The Balaban J connectivity index is 2.96. The number of ketones is 1. The highest BCUT2D eigenvalue weighted by Crippen LogP contribution is 2.23. The van der Waals surface area contributed by atoms with Gasteiger partial charge in [-0.05, 0) is 12.1 Å². The molecule has 1 rings (SSSR count). The van der Waals surface area contributed by atoms with Crippen LogP contribution in [0.2, 0.25) is 0 Å². The molecule has 0 saturated heterocycles. The summed E-state index contributed by atoms with van der Waals surface area (Å²) in [5.74, 6) is -0.608. The lowest BCUT2D eigenvalue weighted by Gasteiger charge is -2.09. The van der Waals surface area contributed by atoms with Crippen LogP contribution in [0.15, 0.2) is 36.0 Å². The standard InChI is InChI=1S/C14H17NO5/c1-18-9-12(16)10(14(17)20-3)8-15-11-6-4-5-7-13(11)19-2/h4-8,15H,9H2,1-3H3. The van der Waals surface area contributed by atoms with Gasteiger partial charge in [0, 0.05) is 13.3 Å². The first-order chi connectivity index (χ1) is 9.63. The fourth-order valence-corrected chi connectivity index (χ4v) is 1.49. The Morgan fingerprint density at radius 2 is 1.90 bits per heavy atom. The topological polar surface area (TPSA) is 73.9 Å². The lowest BCUT2D eigenvalue weighted by molar-refractivity contribution is -0.138. The van der Waals surface area contributed by atoms with Crippen molar-refractivity contribution in [3.63, 3.8) is 0 Å². The fraction of sp³-hybridized carbons (Fsp3) is 0.286. The summed E-state index contributed by atoms with van der Waals surface area (Å²) < 4.78 is 14.5. The van der Waals surface area contributed by atoms with Crippen LogP contribution in [-0.4, -0.2) is 39.7 Å². The van der Waals surface area contributed by atoms with Gasteiger partial charge in [0.2, 0.25) is 0 Å². The van der Waals surface area contributed by atoms with Crippen LogP contribution >= 0.6 is 0 Å². The predicted octanol–water partition coefficient (Wildman–Crippen LogP) is 1.38. The molecule has 6 heteroatoms. The monoisotopic (exact) mass is 279 g/mol. The zero-order valence-electron chi connectivity index (χ0n) is 11.6. The minimum Gasteiger partial charge on any atom is -0.495 e. The molecule has 0 aliphatic heterocycles. The Kier molecular flexibility index (Phi) is 6.25. The lowest BCUT2D eigenvalue weighted by atomic mass is 10.2. The number of esters is 1. The molecule has 1 N–H and O–H groups in total. The first-order valence-electron chi connectivity index (χ1n) is 5.84. The number of Topliss-reactive ketones (excluding diaryl/α,β-unsaturated/α-hetero) is 1. The maximum Gasteiger partial charge on any atom is 0.343 e. The summed E-state index contributed by atoms with van der Waals surface area (Å²) in [5.41, 5.74) is 0.502. The molecule has 1 aromatic rings. The number of benzene rings is 1. The first-order valence-corrected chi connectivity index (χ1v) is 5.84. The van der Waals surface area contributed by atoms with Crippen LogP contribution in [0.1, 0.15) is 0 Å². The summed E-state index contributed by atoms with van der Waals surface area (Å²) in [7, 11) is 4.11. The van der Waals surface area contributed by atoms with E-state index in [4.69, 9.17) is 9.47 Å². The highest BCUT2D eigenvalue weighted by atomic mass is 16.5. The van der Waals surface area contributed by atoms with Gasteiger partial charge in [0.15, 0.2) is 5.78 Å². The van der Waals surface area contributed by atoms with Crippen molar-refractivity contribution in [2.45, 2.75) is 0 Å². The van der Waals surface area contributed by atoms with Crippen molar-refractivity contribution in [3.05, 3.63) is 36.0 Å². The maximum atomic E-state index is 11.8. The molecule has 20 heavy (non-hydrogen) atoms. The van der Waals surface area contributed by atoms with Crippen molar-refractivity contribution < 1.29 is 23.8 Å². The Labute approximate surface area is 117 Å². The van der Waals surface area contributed by atoms with Gasteiger partial charge in [-0.15, -0.1) is 0 Å². The lowest BCUT2D eigenvalue weighted by Crippen LogP contribution is -2.19. The second-order valence-corrected chi connectivity index (χ2v) is 3.75. The number of carbonyl (C=O) groups excluding carboxylic acids is 2. The summed E-state index contributed by atoms with van der Waals surface area (Å²) >= 11 is 0. The van der Waals surface area contributed by atoms with Crippen molar-refractivity contribution in [3.8, 4) is 5.75 Å². The molecule has 0 amide bonds. The van der Waals surface area contributed by atoms with E-state index >= 15 is 0 Å². The van der Waals surface area contributed by atoms with Crippen LogP contribution in [0.25, 0.3) is 0 Å². The molecule has 0 saturated carbocycles. The molecule has 0 fully saturated rings. The number of methoxy groups -OCH3 is 3. The van der Waals surface area contributed by atoms with Gasteiger partial charge in [-0.1, -0.05) is 12.1 Å². The van der Waals surface area contributed by atoms with Crippen molar-refractivity contribution >= 4 is 17.4 Å². The Morgan fingerprint density at radius 3 is 2.50 bits per heavy atom. The van der Waals surface area contributed by atoms with Crippen molar-refractivity contribution in [2.24, 2.45) is 0 Å². The molecule has 0 atom stereocenters. The van der Waals surface area contributed by atoms with Gasteiger partial charge in [0.1, 0.15) is 17.9 Å². The number of ether oxygens (including phenoxy) is 3. The van der Waals surface area contributed by atoms with E-state index in [-0.39, 0.29) is 12.2 Å². The number of rotatable bonds is 7. The van der Waals surface area contributed by atoms with E-state index in [0.717, 1.165) is 0 Å². The fourth-order valence-electron chi connectivity index (χ4n) is 1.49. The smallest absolute Gasteiger partial charge is 0.343 e. The summed E-state index contributed by atoms with van der Waals surface area (Å²) in [6.45, 7) is -0.200. The van der Waals surface area contributed by atoms with Gasteiger partial charge in [0.25, 0.3) is 0 Å². The zero-order chi connectivity index (χ0) is 15.0. The van der Waals surface area contributed by atoms with Crippen LogP contribution in [0.4, 0.5) is 5.69 Å². The van der Waals surface area contributed by atoms with E-state index < -0.39 is 11.8 Å². The third-order valence-electron chi connectivity index (χ3n) is 2.46. The molecule has 1 aromatic carbocycles. The zero-order valence-corrected chi connectivity index (χ0v) is 11.6. The molecular weight excluding hydrogens is 262 g/mol. The first kappa shape index (κ1) is 15.7. The third kappa shape index (κ3) is 4.10. The molecule has 0 bridgehead atoms. The van der Waals surface area contributed by atoms with Crippen LogP contribution in [0, 0.1) is 0 Å². The summed E-state index contributed by atoms with van der Waals surface area (Å²) in [5, 5.41) is 2.85. The molecule has 0 radical (unpaired) electrons. The van der Waals surface area contributed by atoms with Gasteiger partial charge in [0.05, 0.1) is 19.9 Å².